The molecule has 0 radical (unpaired) electrons. The summed E-state index contributed by atoms with van der Waals surface area (Å²) in [4.78, 5) is 14.7. The van der Waals surface area contributed by atoms with Crippen molar-refractivity contribution in [1.29, 1.82) is 0 Å². The zero-order valence-electron chi connectivity index (χ0n) is 14.7. The lowest BCUT2D eigenvalue weighted by molar-refractivity contribution is -0.127. The number of fused-ring (bicyclic) bond motifs is 1. The van der Waals surface area contributed by atoms with Gasteiger partial charge in [0.25, 0.3) is 0 Å². The SMILES string of the molecule is Cn1cc([C@@H]2CN(C(=O)/C=C/c3ccccc3)Cc3ccccc32)cn1. The number of carbonyl (C=O) groups excluding carboxylic acids is 1. The summed E-state index contributed by atoms with van der Waals surface area (Å²) in [7, 11) is 1.92. The molecule has 4 heteroatoms. The van der Waals surface area contributed by atoms with Crippen LogP contribution in [0, 0.1) is 0 Å². The van der Waals surface area contributed by atoms with Gasteiger partial charge in [-0.05, 0) is 28.3 Å². The fourth-order valence-corrected chi connectivity index (χ4v) is 3.52. The molecule has 0 unspecified atom stereocenters. The second-order valence-corrected chi connectivity index (χ2v) is 6.66. The Morgan fingerprint density at radius 2 is 1.88 bits per heavy atom. The normalized spacial score (nSPS) is 16.7. The lowest BCUT2D eigenvalue weighted by atomic mass is 9.86. The number of rotatable bonds is 3. The van der Waals surface area contributed by atoms with Crippen LogP contribution in [-0.4, -0.2) is 27.1 Å². The predicted molar refractivity (Wildman–Crippen MR) is 102 cm³/mol. The van der Waals surface area contributed by atoms with Gasteiger partial charge in [-0.15, -0.1) is 0 Å². The molecule has 1 atom stereocenters. The van der Waals surface area contributed by atoms with E-state index in [-0.39, 0.29) is 11.8 Å². The number of hydrogen-bond donors (Lipinski definition) is 0. The molecule has 1 aromatic heterocycles. The van der Waals surface area contributed by atoms with Crippen LogP contribution in [0.15, 0.2) is 73.1 Å². The molecule has 26 heavy (non-hydrogen) atoms. The van der Waals surface area contributed by atoms with Crippen LogP contribution in [0.3, 0.4) is 0 Å². The summed E-state index contributed by atoms with van der Waals surface area (Å²) in [6, 6.07) is 18.3. The smallest absolute Gasteiger partial charge is 0.246 e. The van der Waals surface area contributed by atoms with Crippen LogP contribution in [0.2, 0.25) is 0 Å². The highest BCUT2D eigenvalue weighted by Gasteiger charge is 2.28. The maximum Gasteiger partial charge on any atom is 0.246 e. The molecule has 1 aliphatic heterocycles. The first-order valence-corrected chi connectivity index (χ1v) is 8.79. The van der Waals surface area contributed by atoms with Crippen molar-refractivity contribution in [2.45, 2.75) is 12.5 Å². The quantitative estimate of drug-likeness (QED) is 0.682. The molecule has 4 rings (SSSR count). The standard InChI is InChI=1S/C22H21N3O/c1-24-14-19(13-23-24)21-16-25(15-18-9-5-6-10-20(18)21)22(26)12-11-17-7-3-2-4-8-17/h2-14,21H,15-16H2,1H3/b12-11+/t21-/m0/s1. The number of benzene rings is 2. The highest BCUT2D eigenvalue weighted by Crippen LogP contribution is 2.33. The zero-order valence-corrected chi connectivity index (χ0v) is 14.7. The van der Waals surface area contributed by atoms with E-state index in [9.17, 15) is 4.79 Å². The van der Waals surface area contributed by atoms with Gasteiger partial charge in [0.15, 0.2) is 0 Å². The number of amides is 1. The maximum atomic E-state index is 12.8. The van der Waals surface area contributed by atoms with Gasteiger partial charge in [-0.25, -0.2) is 0 Å². The van der Waals surface area contributed by atoms with Crippen molar-refractivity contribution in [1.82, 2.24) is 14.7 Å². The van der Waals surface area contributed by atoms with Crippen molar-refractivity contribution >= 4 is 12.0 Å². The first-order chi connectivity index (χ1) is 12.7. The summed E-state index contributed by atoms with van der Waals surface area (Å²) in [5.74, 6) is 0.194. The van der Waals surface area contributed by atoms with Gasteiger partial charge in [-0.2, -0.15) is 5.10 Å². The van der Waals surface area contributed by atoms with Gasteiger partial charge in [0.05, 0.1) is 6.20 Å². The Morgan fingerprint density at radius 1 is 1.12 bits per heavy atom. The van der Waals surface area contributed by atoms with E-state index in [2.05, 4.69) is 23.3 Å². The summed E-state index contributed by atoms with van der Waals surface area (Å²) in [6.45, 7) is 1.31. The molecule has 0 fully saturated rings. The van der Waals surface area contributed by atoms with Crippen molar-refractivity contribution in [3.05, 3.63) is 95.3 Å². The monoisotopic (exact) mass is 343 g/mol. The molecule has 2 aromatic carbocycles. The Balaban J connectivity index is 1.60. The third kappa shape index (κ3) is 3.31. The Labute approximate surface area is 153 Å². The van der Waals surface area contributed by atoms with Gasteiger partial charge in [0.1, 0.15) is 0 Å². The van der Waals surface area contributed by atoms with Crippen LogP contribution < -0.4 is 0 Å². The lowest BCUT2D eigenvalue weighted by Crippen LogP contribution is -2.37. The van der Waals surface area contributed by atoms with E-state index in [1.54, 1.807) is 6.08 Å². The van der Waals surface area contributed by atoms with Crippen molar-refractivity contribution in [3.63, 3.8) is 0 Å². The van der Waals surface area contributed by atoms with Crippen molar-refractivity contribution in [2.75, 3.05) is 6.54 Å². The van der Waals surface area contributed by atoms with E-state index in [1.807, 2.05) is 71.5 Å². The molecule has 2 heterocycles. The molecule has 130 valence electrons. The minimum atomic E-state index is 0.0391. The number of nitrogens with zero attached hydrogens (tertiary/aromatic N) is 3. The largest absolute Gasteiger partial charge is 0.334 e. The highest BCUT2D eigenvalue weighted by atomic mass is 16.2. The van der Waals surface area contributed by atoms with Crippen LogP contribution >= 0.6 is 0 Å². The second kappa shape index (κ2) is 7.00. The topological polar surface area (TPSA) is 38.1 Å². The molecule has 3 aromatic rings. The molecule has 0 aliphatic carbocycles. The second-order valence-electron chi connectivity index (χ2n) is 6.66. The van der Waals surface area contributed by atoms with Gasteiger partial charge in [0, 0.05) is 38.3 Å². The van der Waals surface area contributed by atoms with Gasteiger partial charge >= 0.3 is 0 Å². The highest BCUT2D eigenvalue weighted by molar-refractivity contribution is 5.92. The Kier molecular flexibility index (Phi) is 4.40. The third-order valence-corrected chi connectivity index (χ3v) is 4.85. The van der Waals surface area contributed by atoms with E-state index in [0.717, 1.165) is 11.1 Å². The molecule has 1 aliphatic rings. The van der Waals surface area contributed by atoms with Gasteiger partial charge in [0.2, 0.25) is 5.91 Å². The van der Waals surface area contributed by atoms with Gasteiger partial charge < -0.3 is 4.90 Å². The summed E-state index contributed by atoms with van der Waals surface area (Å²) in [5, 5.41) is 4.31. The fourth-order valence-electron chi connectivity index (χ4n) is 3.52. The summed E-state index contributed by atoms with van der Waals surface area (Å²) < 4.78 is 1.81. The molecule has 0 saturated heterocycles. The molecule has 0 N–H and O–H groups in total. The minimum absolute atomic E-state index is 0.0391. The predicted octanol–water partition coefficient (Wildman–Crippen LogP) is 3.61. The zero-order chi connectivity index (χ0) is 17.9. The molecule has 0 saturated carbocycles. The Hall–Kier alpha value is -3.14. The first kappa shape index (κ1) is 16.3. The van der Waals surface area contributed by atoms with Gasteiger partial charge in [-0.1, -0.05) is 54.6 Å². The molecule has 1 amide bonds. The molecule has 0 bridgehead atoms. The number of aromatic nitrogens is 2. The van der Waals surface area contributed by atoms with E-state index in [0.29, 0.717) is 13.1 Å². The van der Waals surface area contributed by atoms with Crippen LogP contribution in [0.5, 0.6) is 0 Å². The van der Waals surface area contributed by atoms with E-state index >= 15 is 0 Å². The van der Waals surface area contributed by atoms with Crippen molar-refractivity contribution in [2.24, 2.45) is 7.05 Å². The number of hydrogen-bond acceptors (Lipinski definition) is 2. The number of aryl methyl sites for hydroxylation is 1. The van der Waals surface area contributed by atoms with E-state index < -0.39 is 0 Å². The van der Waals surface area contributed by atoms with E-state index in [4.69, 9.17) is 0 Å². The molecule has 4 nitrogen and oxygen atoms in total. The average Bonchev–Trinajstić information content (AvgIpc) is 3.12. The summed E-state index contributed by atoms with van der Waals surface area (Å²) >= 11 is 0. The molecule has 0 spiro atoms. The van der Waals surface area contributed by atoms with Crippen molar-refractivity contribution in [3.8, 4) is 0 Å². The number of carbonyl (C=O) groups is 1. The minimum Gasteiger partial charge on any atom is -0.334 e. The van der Waals surface area contributed by atoms with Crippen LogP contribution in [0.1, 0.15) is 28.2 Å². The van der Waals surface area contributed by atoms with Crippen LogP contribution in [0.25, 0.3) is 6.08 Å². The first-order valence-electron chi connectivity index (χ1n) is 8.79. The van der Waals surface area contributed by atoms with Crippen molar-refractivity contribution < 1.29 is 4.79 Å². The maximum absolute atomic E-state index is 12.8. The molecular weight excluding hydrogens is 322 g/mol. The summed E-state index contributed by atoms with van der Waals surface area (Å²) in [6.07, 6.45) is 7.48. The Morgan fingerprint density at radius 3 is 2.65 bits per heavy atom. The fraction of sp³-hybridized carbons (Fsp3) is 0.182. The third-order valence-electron chi connectivity index (χ3n) is 4.85. The van der Waals surface area contributed by atoms with Crippen LogP contribution in [-0.2, 0) is 18.4 Å². The average molecular weight is 343 g/mol. The lowest BCUT2D eigenvalue weighted by Gasteiger charge is -2.34. The summed E-state index contributed by atoms with van der Waals surface area (Å²) in [5.41, 5.74) is 4.66. The van der Waals surface area contributed by atoms with Gasteiger partial charge in [-0.3, -0.25) is 9.48 Å². The van der Waals surface area contributed by atoms with E-state index in [1.165, 1.54) is 11.1 Å². The Bertz CT molecular complexity index is 943. The molecular formula is C22H21N3O. The van der Waals surface area contributed by atoms with Crippen LogP contribution in [0.4, 0.5) is 0 Å².